The molecule has 3 heteroatoms. The molecule has 1 aromatic heterocycles. The van der Waals surface area contributed by atoms with Gasteiger partial charge >= 0.3 is 0 Å². The minimum Gasteiger partial charge on any atom is -0.271 e. The van der Waals surface area contributed by atoms with Crippen molar-refractivity contribution in [2.45, 2.75) is 33.2 Å². The van der Waals surface area contributed by atoms with E-state index in [2.05, 4.69) is 23.4 Å². The SMILES string of the molecule is CCC(NN)c1ccc(C)nc1C. The summed E-state index contributed by atoms with van der Waals surface area (Å²) in [5.41, 5.74) is 6.09. The zero-order valence-corrected chi connectivity index (χ0v) is 8.46. The number of aryl methyl sites for hydroxylation is 2. The topological polar surface area (TPSA) is 50.9 Å². The molecule has 0 saturated heterocycles. The van der Waals surface area contributed by atoms with E-state index in [9.17, 15) is 0 Å². The Labute approximate surface area is 79.3 Å². The summed E-state index contributed by atoms with van der Waals surface area (Å²) >= 11 is 0. The van der Waals surface area contributed by atoms with Gasteiger partial charge in [0, 0.05) is 17.4 Å². The number of nitrogens with two attached hydrogens (primary N) is 1. The van der Waals surface area contributed by atoms with Crippen LogP contribution >= 0.6 is 0 Å². The van der Waals surface area contributed by atoms with Crippen LogP contribution in [0.5, 0.6) is 0 Å². The number of hydrogen-bond acceptors (Lipinski definition) is 3. The molecule has 1 aromatic rings. The summed E-state index contributed by atoms with van der Waals surface area (Å²) in [4.78, 5) is 4.39. The van der Waals surface area contributed by atoms with Crippen molar-refractivity contribution in [3.05, 3.63) is 29.1 Å². The first-order chi connectivity index (χ1) is 6.19. The maximum Gasteiger partial charge on any atom is 0.0475 e. The fourth-order valence-electron chi connectivity index (χ4n) is 1.49. The second kappa shape index (κ2) is 4.35. The van der Waals surface area contributed by atoms with Crippen molar-refractivity contribution in [2.24, 2.45) is 5.84 Å². The average Bonchev–Trinajstić information content (AvgIpc) is 2.10. The van der Waals surface area contributed by atoms with Crippen molar-refractivity contribution in [2.75, 3.05) is 0 Å². The zero-order valence-electron chi connectivity index (χ0n) is 8.46. The predicted octanol–water partition coefficient (Wildman–Crippen LogP) is 1.61. The molecule has 1 atom stereocenters. The van der Waals surface area contributed by atoms with Crippen LogP contribution in [0.3, 0.4) is 0 Å². The first-order valence-electron chi connectivity index (χ1n) is 4.59. The molecule has 0 aliphatic carbocycles. The molecule has 13 heavy (non-hydrogen) atoms. The Hall–Kier alpha value is -0.930. The molecule has 0 aromatic carbocycles. The molecule has 72 valence electrons. The van der Waals surface area contributed by atoms with Gasteiger partial charge in [-0.05, 0) is 31.9 Å². The van der Waals surface area contributed by atoms with Gasteiger partial charge in [0.1, 0.15) is 0 Å². The van der Waals surface area contributed by atoms with Crippen molar-refractivity contribution in [3.63, 3.8) is 0 Å². The normalized spacial score (nSPS) is 12.9. The zero-order chi connectivity index (χ0) is 9.84. The van der Waals surface area contributed by atoms with Crippen LogP contribution in [-0.2, 0) is 0 Å². The van der Waals surface area contributed by atoms with E-state index in [1.165, 1.54) is 5.56 Å². The third kappa shape index (κ3) is 2.26. The molecule has 1 unspecified atom stereocenters. The second-order valence-electron chi connectivity index (χ2n) is 3.25. The van der Waals surface area contributed by atoms with Gasteiger partial charge < -0.3 is 0 Å². The number of pyridine rings is 1. The molecule has 0 aliphatic heterocycles. The number of nitrogens with one attached hydrogen (secondary N) is 1. The Bertz CT molecular complexity index is 279. The van der Waals surface area contributed by atoms with Crippen LogP contribution in [0.1, 0.15) is 36.3 Å². The van der Waals surface area contributed by atoms with Crippen LogP contribution < -0.4 is 11.3 Å². The number of hydrazine groups is 1. The first-order valence-corrected chi connectivity index (χ1v) is 4.59. The van der Waals surface area contributed by atoms with Crippen LogP contribution in [0, 0.1) is 13.8 Å². The second-order valence-corrected chi connectivity index (χ2v) is 3.25. The van der Waals surface area contributed by atoms with Crippen LogP contribution in [0.15, 0.2) is 12.1 Å². The lowest BCUT2D eigenvalue weighted by molar-refractivity contribution is 0.534. The van der Waals surface area contributed by atoms with Gasteiger partial charge in [-0.1, -0.05) is 13.0 Å². The molecule has 0 amide bonds. The lowest BCUT2D eigenvalue weighted by Gasteiger charge is -2.15. The van der Waals surface area contributed by atoms with E-state index < -0.39 is 0 Å². The van der Waals surface area contributed by atoms with Crippen molar-refractivity contribution >= 4 is 0 Å². The van der Waals surface area contributed by atoms with Crippen LogP contribution in [0.2, 0.25) is 0 Å². The van der Waals surface area contributed by atoms with Gasteiger partial charge in [0.25, 0.3) is 0 Å². The van der Waals surface area contributed by atoms with Gasteiger partial charge in [0.15, 0.2) is 0 Å². The van der Waals surface area contributed by atoms with E-state index in [4.69, 9.17) is 5.84 Å². The third-order valence-electron chi connectivity index (χ3n) is 2.25. The molecule has 0 radical (unpaired) electrons. The Balaban J connectivity index is 2.99. The fourth-order valence-corrected chi connectivity index (χ4v) is 1.49. The minimum absolute atomic E-state index is 0.216. The number of hydrogen-bond donors (Lipinski definition) is 2. The van der Waals surface area contributed by atoms with Gasteiger partial charge in [-0.25, -0.2) is 0 Å². The lowest BCUT2D eigenvalue weighted by atomic mass is 10.0. The van der Waals surface area contributed by atoms with E-state index in [1.54, 1.807) is 0 Å². The molecule has 0 aliphatic rings. The maximum absolute atomic E-state index is 5.44. The van der Waals surface area contributed by atoms with Gasteiger partial charge in [-0.2, -0.15) is 0 Å². The standard InChI is InChI=1S/C10H17N3/c1-4-10(13-11)9-6-5-7(2)12-8(9)3/h5-6,10,13H,4,11H2,1-3H3. The van der Waals surface area contributed by atoms with Crippen LogP contribution in [0.25, 0.3) is 0 Å². The first kappa shape index (κ1) is 10.2. The summed E-state index contributed by atoms with van der Waals surface area (Å²) < 4.78 is 0. The third-order valence-corrected chi connectivity index (χ3v) is 2.25. The highest BCUT2D eigenvalue weighted by atomic mass is 15.2. The Kier molecular flexibility index (Phi) is 3.39. The molecular weight excluding hydrogens is 162 g/mol. The van der Waals surface area contributed by atoms with E-state index in [0.717, 1.165) is 17.8 Å². The summed E-state index contributed by atoms with van der Waals surface area (Å²) in [5.74, 6) is 5.44. The molecule has 1 rings (SSSR count). The summed E-state index contributed by atoms with van der Waals surface area (Å²) in [5, 5.41) is 0. The van der Waals surface area contributed by atoms with Crippen molar-refractivity contribution in [1.82, 2.24) is 10.4 Å². The Morgan fingerprint density at radius 2 is 2.15 bits per heavy atom. The summed E-state index contributed by atoms with van der Waals surface area (Å²) in [6.45, 7) is 6.11. The molecule has 3 N–H and O–H groups in total. The van der Waals surface area contributed by atoms with Crippen molar-refractivity contribution < 1.29 is 0 Å². The van der Waals surface area contributed by atoms with Crippen molar-refractivity contribution in [3.8, 4) is 0 Å². The highest BCUT2D eigenvalue weighted by Crippen LogP contribution is 2.18. The predicted molar refractivity (Wildman–Crippen MR) is 54.1 cm³/mol. The van der Waals surface area contributed by atoms with E-state index in [-0.39, 0.29) is 6.04 Å². The van der Waals surface area contributed by atoms with E-state index >= 15 is 0 Å². The Morgan fingerprint density at radius 1 is 1.46 bits per heavy atom. The lowest BCUT2D eigenvalue weighted by Crippen LogP contribution is -2.28. The molecule has 0 fully saturated rings. The highest BCUT2D eigenvalue weighted by molar-refractivity contribution is 5.24. The van der Waals surface area contributed by atoms with Gasteiger partial charge in [0.2, 0.25) is 0 Å². The molecular formula is C10H17N3. The fraction of sp³-hybridized carbons (Fsp3) is 0.500. The average molecular weight is 179 g/mol. The van der Waals surface area contributed by atoms with Crippen molar-refractivity contribution in [1.29, 1.82) is 0 Å². The summed E-state index contributed by atoms with van der Waals surface area (Å²) in [6.07, 6.45) is 0.974. The van der Waals surface area contributed by atoms with Crippen LogP contribution in [-0.4, -0.2) is 4.98 Å². The largest absolute Gasteiger partial charge is 0.271 e. The summed E-state index contributed by atoms with van der Waals surface area (Å²) in [7, 11) is 0. The monoisotopic (exact) mass is 179 g/mol. The molecule has 0 spiro atoms. The molecule has 3 nitrogen and oxygen atoms in total. The number of nitrogens with zero attached hydrogens (tertiary/aromatic N) is 1. The summed E-state index contributed by atoms with van der Waals surface area (Å²) in [6, 6.07) is 4.32. The van der Waals surface area contributed by atoms with Gasteiger partial charge in [0.05, 0.1) is 0 Å². The van der Waals surface area contributed by atoms with Crippen LogP contribution in [0.4, 0.5) is 0 Å². The number of aromatic nitrogens is 1. The number of rotatable bonds is 3. The quantitative estimate of drug-likeness (QED) is 0.547. The molecule has 1 heterocycles. The smallest absolute Gasteiger partial charge is 0.0475 e. The van der Waals surface area contributed by atoms with E-state index in [0.29, 0.717) is 0 Å². The van der Waals surface area contributed by atoms with Gasteiger partial charge in [-0.3, -0.25) is 16.3 Å². The molecule has 0 saturated carbocycles. The Morgan fingerprint density at radius 3 is 2.62 bits per heavy atom. The highest BCUT2D eigenvalue weighted by Gasteiger charge is 2.09. The minimum atomic E-state index is 0.216. The van der Waals surface area contributed by atoms with E-state index in [1.807, 2.05) is 19.9 Å². The maximum atomic E-state index is 5.44. The van der Waals surface area contributed by atoms with Gasteiger partial charge in [-0.15, -0.1) is 0 Å². The molecule has 0 bridgehead atoms.